The lowest BCUT2D eigenvalue weighted by Crippen LogP contribution is -2.32. The molecule has 4 heteroatoms. The fraction of sp³-hybridized carbons (Fsp3) is 0.271. The Labute approximate surface area is 439 Å². The second-order valence-corrected chi connectivity index (χ2v) is 25.2. The van der Waals surface area contributed by atoms with Gasteiger partial charge >= 0.3 is 0 Å². The first-order valence-corrected chi connectivity index (χ1v) is 26.7. The highest BCUT2D eigenvalue weighted by atomic mass is 16.3. The lowest BCUT2D eigenvalue weighted by atomic mass is 9.70. The predicted octanol–water partition coefficient (Wildman–Crippen LogP) is 19.1. The van der Waals surface area contributed by atoms with Gasteiger partial charge in [0.15, 0.2) is 0 Å². The number of allylic oxidation sites excluding steroid dienone is 2. The summed E-state index contributed by atoms with van der Waals surface area (Å²) in [6, 6.07) is 60.1. The maximum Gasteiger partial charge on any atom is 0.227 e. The molecular formula is C70H69N3O. The van der Waals surface area contributed by atoms with E-state index in [4.69, 9.17) is 9.40 Å². The van der Waals surface area contributed by atoms with E-state index in [-0.39, 0.29) is 27.7 Å². The number of aromatic nitrogens is 1. The number of pyridine rings is 1. The van der Waals surface area contributed by atoms with Crippen molar-refractivity contribution >= 4 is 50.5 Å². The average molecular weight is 968 g/mol. The first-order valence-electron chi connectivity index (χ1n) is 26.7. The number of furan rings is 1. The summed E-state index contributed by atoms with van der Waals surface area (Å²) in [5.74, 6) is 0. The van der Waals surface area contributed by atoms with Crippen molar-refractivity contribution in [2.45, 2.75) is 117 Å². The minimum absolute atomic E-state index is 0.00726. The van der Waals surface area contributed by atoms with Gasteiger partial charge in [-0.25, -0.2) is 4.98 Å². The van der Waals surface area contributed by atoms with Gasteiger partial charge in [0.25, 0.3) is 0 Å². The third-order valence-corrected chi connectivity index (χ3v) is 16.3. The lowest BCUT2D eigenvalue weighted by Gasteiger charge is -2.37. The van der Waals surface area contributed by atoms with E-state index >= 15 is 0 Å². The molecule has 1 unspecified atom stereocenters. The summed E-state index contributed by atoms with van der Waals surface area (Å²) in [6.45, 7) is 27.5. The van der Waals surface area contributed by atoms with Gasteiger partial charge in [0.1, 0.15) is 5.58 Å². The molecule has 0 aliphatic heterocycles. The number of benzene rings is 7. The van der Waals surface area contributed by atoms with Crippen molar-refractivity contribution in [2.75, 3.05) is 9.80 Å². The van der Waals surface area contributed by atoms with Gasteiger partial charge in [-0.15, -0.1) is 0 Å². The Morgan fingerprint density at radius 1 is 0.500 bits per heavy atom. The van der Waals surface area contributed by atoms with Gasteiger partial charge in [0, 0.05) is 34.5 Å². The highest BCUT2D eigenvalue weighted by Gasteiger charge is 2.53. The van der Waals surface area contributed by atoms with E-state index in [1.807, 2.05) is 6.20 Å². The fourth-order valence-corrected chi connectivity index (χ4v) is 12.3. The number of anilines is 5. The summed E-state index contributed by atoms with van der Waals surface area (Å²) in [5.41, 5.74) is 21.6. The molecule has 4 nitrogen and oxygen atoms in total. The molecule has 0 amide bonds. The molecule has 3 aliphatic carbocycles. The van der Waals surface area contributed by atoms with E-state index in [0.717, 1.165) is 56.8 Å². The molecule has 2 aromatic heterocycles. The van der Waals surface area contributed by atoms with Crippen LogP contribution < -0.4 is 9.80 Å². The van der Waals surface area contributed by atoms with Crippen molar-refractivity contribution in [2.24, 2.45) is 5.41 Å². The monoisotopic (exact) mass is 968 g/mol. The van der Waals surface area contributed by atoms with E-state index in [1.54, 1.807) is 0 Å². The highest BCUT2D eigenvalue weighted by Crippen LogP contribution is 2.66. The van der Waals surface area contributed by atoms with Crippen LogP contribution in [0.15, 0.2) is 192 Å². The maximum absolute atomic E-state index is 7.29. The molecule has 1 atom stereocenters. The molecule has 74 heavy (non-hydrogen) atoms. The van der Waals surface area contributed by atoms with Crippen LogP contribution in [0.1, 0.15) is 128 Å². The van der Waals surface area contributed by atoms with Crippen molar-refractivity contribution in [1.82, 2.24) is 4.98 Å². The number of hydrogen-bond acceptors (Lipinski definition) is 4. The number of fused-ring (bicyclic) bond motifs is 14. The normalized spacial score (nSPS) is 15.8. The third-order valence-electron chi connectivity index (χ3n) is 16.3. The van der Waals surface area contributed by atoms with Gasteiger partial charge in [-0.1, -0.05) is 192 Å². The zero-order valence-corrected chi connectivity index (χ0v) is 45.4. The standard InChI is InChI=1S/C70H69N3O/c1-66(2,3)44-23-31-48(32-24-44)72(49-33-25-45(26-34-49)67(4,5)6)52-39-40-55-59(42-52)70(57-21-15-13-18-53(57)54-19-14-16-22-58(54)70)60-43-61(63-56-20-17-41-71-65(56)74-64(63)62(55)60)73(50-35-27-46(28-36-50)68(7,8)9)51-37-29-47(30-38-51)69(10,11)12/h13-37,39-43,51H,38H2,1-12H3. The molecule has 12 rings (SSSR count). The minimum Gasteiger partial charge on any atom is -0.437 e. The van der Waals surface area contributed by atoms with Crippen molar-refractivity contribution in [3.63, 3.8) is 0 Å². The summed E-state index contributed by atoms with van der Waals surface area (Å²) < 4.78 is 7.29. The molecule has 370 valence electrons. The van der Waals surface area contributed by atoms with Crippen LogP contribution in [0.25, 0.3) is 44.3 Å². The van der Waals surface area contributed by atoms with Crippen LogP contribution in [0.5, 0.6) is 0 Å². The number of rotatable bonds is 6. The molecule has 0 fully saturated rings. The van der Waals surface area contributed by atoms with Crippen molar-refractivity contribution in [1.29, 1.82) is 0 Å². The van der Waals surface area contributed by atoms with Crippen LogP contribution in [0.4, 0.5) is 28.4 Å². The molecule has 0 radical (unpaired) electrons. The quantitative estimate of drug-likeness (QED) is 0.166. The number of nitrogens with zero attached hydrogens (tertiary/aromatic N) is 3. The Bertz CT molecular complexity index is 3620. The van der Waals surface area contributed by atoms with Gasteiger partial charge in [-0.3, -0.25) is 0 Å². The molecule has 2 heterocycles. The summed E-state index contributed by atoms with van der Waals surface area (Å²) >= 11 is 0. The number of hydrogen-bond donors (Lipinski definition) is 0. The highest BCUT2D eigenvalue weighted by molar-refractivity contribution is 6.18. The molecular weight excluding hydrogens is 899 g/mol. The summed E-state index contributed by atoms with van der Waals surface area (Å²) in [6.07, 6.45) is 9.98. The van der Waals surface area contributed by atoms with Gasteiger partial charge in [-0.2, -0.15) is 0 Å². The zero-order chi connectivity index (χ0) is 51.7. The molecule has 3 aliphatic rings. The minimum atomic E-state index is -0.690. The second-order valence-electron chi connectivity index (χ2n) is 25.2. The van der Waals surface area contributed by atoms with Crippen LogP contribution in [0.3, 0.4) is 0 Å². The van der Waals surface area contributed by atoms with Crippen molar-refractivity contribution < 1.29 is 4.42 Å². The largest absolute Gasteiger partial charge is 0.437 e. The molecule has 0 saturated carbocycles. The zero-order valence-electron chi connectivity index (χ0n) is 45.4. The van der Waals surface area contributed by atoms with Crippen molar-refractivity contribution in [3.05, 3.63) is 227 Å². The van der Waals surface area contributed by atoms with Crippen LogP contribution >= 0.6 is 0 Å². The maximum atomic E-state index is 7.29. The first kappa shape index (κ1) is 47.6. The van der Waals surface area contributed by atoms with Crippen molar-refractivity contribution in [3.8, 4) is 22.3 Å². The lowest BCUT2D eigenvalue weighted by molar-refractivity contribution is 0.510. The van der Waals surface area contributed by atoms with E-state index in [1.165, 1.54) is 61.2 Å². The topological polar surface area (TPSA) is 32.5 Å². The molecule has 7 aromatic carbocycles. The van der Waals surface area contributed by atoms with Gasteiger partial charge in [0.05, 0.1) is 27.9 Å². The summed E-state index contributed by atoms with van der Waals surface area (Å²) in [4.78, 5) is 10.0. The Kier molecular flexibility index (Phi) is 10.8. The van der Waals surface area contributed by atoms with Crippen LogP contribution in [0, 0.1) is 5.41 Å². The Hall–Kier alpha value is -7.43. The smallest absolute Gasteiger partial charge is 0.227 e. The molecule has 0 bridgehead atoms. The Morgan fingerprint density at radius 3 is 1.54 bits per heavy atom. The summed E-state index contributed by atoms with van der Waals surface area (Å²) in [7, 11) is 0. The van der Waals surface area contributed by atoms with Crippen LogP contribution in [-0.4, -0.2) is 11.0 Å². The van der Waals surface area contributed by atoms with Crippen LogP contribution in [0.2, 0.25) is 0 Å². The second kappa shape index (κ2) is 16.8. The average Bonchev–Trinajstić information content (AvgIpc) is 4.18. The predicted molar refractivity (Wildman–Crippen MR) is 312 cm³/mol. The van der Waals surface area contributed by atoms with Gasteiger partial charge in [-0.05, 0) is 156 Å². The first-order chi connectivity index (χ1) is 35.2. The Balaban J connectivity index is 1.17. The molecule has 1 spiro atoms. The molecule has 9 aromatic rings. The van der Waals surface area contributed by atoms with Gasteiger partial charge < -0.3 is 14.2 Å². The van der Waals surface area contributed by atoms with Crippen LogP contribution in [-0.2, 0) is 21.7 Å². The van der Waals surface area contributed by atoms with E-state index in [0.29, 0.717) is 5.71 Å². The van der Waals surface area contributed by atoms with Gasteiger partial charge in [0.2, 0.25) is 5.71 Å². The third kappa shape index (κ3) is 7.50. The molecule has 0 saturated heterocycles. The fourth-order valence-electron chi connectivity index (χ4n) is 12.3. The van der Waals surface area contributed by atoms with E-state index in [9.17, 15) is 0 Å². The van der Waals surface area contributed by atoms with E-state index in [2.05, 4.69) is 269 Å². The summed E-state index contributed by atoms with van der Waals surface area (Å²) in [5, 5.41) is 2.09. The molecule has 0 N–H and O–H groups in total. The van der Waals surface area contributed by atoms with E-state index < -0.39 is 5.41 Å². The Morgan fingerprint density at radius 2 is 1.03 bits per heavy atom. The SMILES string of the molecule is CC(C)(C)C1=CCC(N(c2ccc(C(C)(C)C)cc2)c2cc3c(c4oc5ncccc5c24)-c2ccc(N(c4ccc(C(C)(C)C)cc4)c4ccc(C(C)(C)C)cc4)cc2C32c3ccccc3-c3ccccc32)C=C1.